The van der Waals surface area contributed by atoms with E-state index in [9.17, 15) is 9.59 Å². The lowest BCUT2D eigenvalue weighted by Crippen LogP contribution is -2.40. The van der Waals surface area contributed by atoms with E-state index in [0.717, 1.165) is 17.7 Å². The smallest absolute Gasteiger partial charge is 0.240 e. The van der Waals surface area contributed by atoms with E-state index in [1.54, 1.807) is 6.08 Å². The summed E-state index contributed by atoms with van der Waals surface area (Å²) in [7, 11) is 0. The second-order valence-corrected chi connectivity index (χ2v) is 5.42. The van der Waals surface area contributed by atoms with Crippen LogP contribution in [0, 0.1) is 5.92 Å². The van der Waals surface area contributed by atoms with Crippen LogP contribution in [0.15, 0.2) is 42.1 Å². The van der Waals surface area contributed by atoms with Crippen molar-refractivity contribution >= 4 is 11.7 Å². The van der Waals surface area contributed by atoms with Crippen LogP contribution in [-0.4, -0.2) is 11.7 Å². The number of nitrogens with one attached hydrogen (secondary N) is 2. The van der Waals surface area contributed by atoms with E-state index >= 15 is 0 Å². The first-order valence-electron chi connectivity index (χ1n) is 6.90. The molecule has 0 spiro atoms. The summed E-state index contributed by atoms with van der Waals surface area (Å²) in [6, 6.07) is 9.99. The maximum Gasteiger partial charge on any atom is 0.240 e. The predicted octanol–water partition coefficient (Wildman–Crippen LogP) is 2.29. The Balaban J connectivity index is 2.01. The van der Waals surface area contributed by atoms with Gasteiger partial charge in [-0.1, -0.05) is 44.2 Å². The zero-order valence-electron chi connectivity index (χ0n) is 11.8. The van der Waals surface area contributed by atoms with Crippen molar-refractivity contribution in [2.45, 2.75) is 32.6 Å². The van der Waals surface area contributed by atoms with Crippen LogP contribution in [0.3, 0.4) is 0 Å². The summed E-state index contributed by atoms with van der Waals surface area (Å²) in [5.41, 5.74) is 7.43. The summed E-state index contributed by atoms with van der Waals surface area (Å²) in [6.07, 6.45) is 2.83. The van der Waals surface area contributed by atoms with Gasteiger partial charge in [0.25, 0.3) is 0 Å². The third-order valence-electron chi connectivity index (χ3n) is 3.39. The van der Waals surface area contributed by atoms with Crippen molar-refractivity contribution in [2.24, 2.45) is 5.92 Å². The van der Waals surface area contributed by atoms with Gasteiger partial charge >= 0.3 is 0 Å². The zero-order valence-corrected chi connectivity index (χ0v) is 11.8. The molecule has 4 heteroatoms. The van der Waals surface area contributed by atoms with Crippen LogP contribution in [-0.2, 0) is 9.59 Å². The van der Waals surface area contributed by atoms with Crippen LogP contribution >= 0.6 is 0 Å². The van der Waals surface area contributed by atoms with Gasteiger partial charge in [-0.3, -0.25) is 15.0 Å². The van der Waals surface area contributed by atoms with Gasteiger partial charge in [-0.05, 0) is 17.9 Å². The molecule has 0 aromatic heterocycles. The molecule has 1 aromatic carbocycles. The first-order chi connectivity index (χ1) is 9.56. The van der Waals surface area contributed by atoms with Gasteiger partial charge in [0.15, 0.2) is 5.78 Å². The molecule has 0 saturated heterocycles. The van der Waals surface area contributed by atoms with Crippen LogP contribution in [0.5, 0.6) is 0 Å². The summed E-state index contributed by atoms with van der Waals surface area (Å²) in [4.78, 5) is 23.3. The van der Waals surface area contributed by atoms with Gasteiger partial charge in [0.2, 0.25) is 5.91 Å². The van der Waals surface area contributed by atoms with Crippen LogP contribution < -0.4 is 10.9 Å². The number of hydrazine groups is 1. The van der Waals surface area contributed by atoms with E-state index in [1.165, 1.54) is 0 Å². The Bertz CT molecular complexity index is 521. The molecule has 106 valence electrons. The van der Waals surface area contributed by atoms with Crippen molar-refractivity contribution in [3.8, 4) is 0 Å². The van der Waals surface area contributed by atoms with E-state index in [-0.39, 0.29) is 23.5 Å². The summed E-state index contributed by atoms with van der Waals surface area (Å²) < 4.78 is 0. The lowest BCUT2D eigenvalue weighted by atomic mass is 9.86. The first-order valence-corrected chi connectivity index (χ1v) is 6.90. The molecule has 20 heavy (non-hydrogen) atoms. The molecule has 2 N–H and O–H groups in total. The van der Waals surface area contributed by atoms with Crippen molar-refractivity contribution in [1.29, 1.82) is 0 Å². The summed E-state index contributed by atoms with van der Waals surface area (Å²) in [6.45, 7) is 3.65. The number of hydrogen-bond donors (Lipinski definition) is 2. The highest BCUT2D eigenvalue weighted by atomic mass is 16.2. The lowest BCUT2D eigenvalue weighted by molar-refractivity contribution is -0.125. The Kier molecular flexibility index (Phi) is 4.56. The molecule has 0 heterocycles. The number of ketones is 1. The van der Waals surface area contributed by atoms with Crippen molar-refractivity contribution < 1.29 is 9.59 Å². The number of allylic oxidation sites excluding steroid dienone is 2. The minimum absolute atomic E-state index is 0.0832. The van der Waals surface area contributed by atoms with E-state index in [4.69, 9.17) is 0 Å². The maximum atomic E-state index is 11.8. The standard InChI is InChI=1S/C16H20N2O2/c1-11(2)16(20)18-17-14-8-13(9-15(19)10-14)12-6-4-3-5-7-12/h3-7,10-11,13,17H,8-9H2,1-2H3,(H,18,20)/t13-/m1/s1. The number of amides is 1. The number of benzene rings is 1. The second-order valence-electron chi connectivity index (χ2n) is 5.42. The highest BCUT2D eigenvalue weighted by molar-refractivity contribution is 5.92. The van der Waals surface area contributed by atoms with E-state index < -0.39 is 0 Å². The molecule has 1 aliphatic rings. The molecule has 2 rings (SSSR count). The Morgan fingerprint density at radius 2 is 1.90 bits per heavy atom. The molecular weight excluding hydrogens is 252 g/mol. The predicted molar refractivity (Wildman–Crippen MR) is 77.6 cm³/mol. The van der Waals surface area contributed by atoms with E-state index in [2.05, 4.69) is 10.9 Å². The van der Waals surface area contributed by atoms with Gasteiger partial charge in [-0.2, -0.15) is 0 Å². The normalized spacial score (nSPS) is 18.6. The molecule has 1 atom stereocenters. The number of hydrogen-bond acceptors (Lipinski definition) is 3. The van der Waals surface area contributed by atoms with Gasteiger partial charge < -0.3 is 5.43 Å². The number of rotatable bonds is 4. The van der Waals surface area contributed by atoms with E-state index in [1.807, 2.05) is 44.2 Å². The summed E-state index contributed by atoms with van der Waals surface area (Å²) in [5.74, 6) is 0.0889. The Labute approximate surface area is 119 Å². The molecule has 1 amide bonds. The maximum absolute atomic E-state index is 11.8. The first kappa shape index (κ1) is 14.3. The molecule has 1 aromatic rings. The number of carbonyl (C=O) groups is 2. The Hall–Kier alpha value is -2.10. The summed E-state index contributed by atoms with van der Waals surface area (Å²) in [5, 5.41) is 0. The van der Waals surface area contributed by atoms with Gasteiger partial charge in [0.05, 0.1) is 0 Å². The van der Waals surface area contributed by atoms with Crippen LogP contribution in [0.4, 0.5) is 0 Å². The van der Waals surface area contributed by atoms with E-state index in [0.29, 0.717) is 6.42 Å². The van der Waals surface area contributed by atoms with Gasteiger partial charge in [0, 0.05) is 24.1 Å². The second kappa shape index (κ2) is 6.37. The molecule has 0 unspecified atom stereocenters. The fourth-order valence-corrected chi connectivity index (χ4v) is 2.23. The Morgan fingerprint density at radius 1 is 1.20 bits per heavy atom. The third kappa shape index (κ3) is 3.70. The molecule has 0 bridgehead atoms. The molecule has 0 aliphatic heterocycles. The zero-order chi connectivity index (χ0) is 14.5. The summed E-state index contributed by atoms with van der Waals surface area (Å²) >= 11 is 0. The average Bonchev–Trinajstić information content (AvgIpc) is 2.45. The van der Waals surface area contributed by atoms with Crippen molar-refractivity contribution in [3.63, 3.8) is 0 Å². The minimum atomic E-state index is -0.0905. The van der Waals surface area contributed by atoms with Crippen LogP contribution in [0.2, 0.25) is 0 Å². The average molecular weight is 272 g/mol. The van der Waals surface area contributed by atoms with Crippen LogP contribution in [0.1, 0.15) is 38.2 Å². The monoisotopic (exact) mass is 272 g/mol. The molecule has 0 fully saturated rings. The third-order valence-corrected chi connectivity index (χ3v) is 3.39. The van der Waals surface area contributed by atoms with Crippen molar-refractivity contribution in [3.05, 3.63) is 47.7 Å². The molecular formula is C16H20N2O2. The number of carbonyl (C=O) groups excluding carboxylic acids is 2. The molecule has 0 saturated carbocycles. The molecule has 1 aliphatic carbocycles. The minimum Gasteiger partial charge on any atom is -0.303 e. The van der Waals surface area contributed by atoms with Gasteiger partial charge in [-0.25, -0.2) is 0 Å². The fourth-order valence-electron chi connectivity index (χ4n) is 2.23. The van der Waals surface area contributed by atoms with Crippen molar-refractivity contribution in [2.75, 3.05) is 0 Å². The fraction of sp³-hybridized carbons (Fsp3) is 0.375. The van der Waals surface area contributed by atoms with Gasteiger partial charge in [-0.15, -0.1) is 0 Å². The van der Waals surface area contributed by atoms with Crippen molar-refractivity contribution in [1.82, 2.24) is 10.9 Å². The lowest BCUT2D eigenvalue weighted by Gasteiger charge is -2.23. The topological polar surface area (TPSA) is 58.2 Å². The highest BCUT2D eigenvalue weighted by Gasteiger charge is 2.22. The largest absolute Gasteiger partial charge is 0.303 e. The van der Waals surface area contributed by atoms with Crippen LogP contribution in [0.25, 0.3) is 0 Å². The SMILES string of the molecule is CC(C)C(=O)NNC1=CC(=O)C[C@H](c2ccccc2)C1. The molecule has 4 nitrogen and oxygen atoms in total. The highest BCUT2D eigenvalue weighted by Crippen LogP contribution is 2.29. The molecule has 0 radical (unpaired) electrons. The Morgan fingerprint density at radius 3 is 2.55 bits per heavy atom. The quantitative estimate of drug-likeness (QED) is 0.827. The van der Waals surface area contributed by atoms with Gasteiger partial charge in [0.1, 0.15) is 0 Å².